The Morgan fingerprint density at radius 1 is 1.12 bits per heavy atom. The summed E-state index contributed by atoms with van der Waals surface area (Å²) in [5, 5.41) is 3.40. The van der Waals surface area contributed by atoms with Gasteiger partial charge in [0.05, 0.1) is 0 Å². The Morgan fingerprint density at radius 2 is 1.82 bits per heavy atom. The number of benzene rings is 1. The molecule has 0 radical (unpaired) electrons. The lowest BCUT2D eigenvalue weighted by Crippen LogP contribution is -2.02. The van der Waals surface area contributed by atoms with Crippen molar-refractivity contribution in [2.24, 2.45) is 5.73 Å². The largest absolute Gasteiger partial charge is 0.381 e. The van der Waals surface area contributed by atoms with Gasteiger partial charge < -0.3 is 11.1 Å². The van der Waals surface area contributed by atoms with E-state index in [9.17, 15) is 0 Å². The topological polar surface area (TPSA) is 50.9 Å². The molecule has 0 spiro atoms. The molecule has 0 aliphatic carbocycles. The summed E-state index contributed by atoms with van der Waals surface area (Å²) < 4.78 is 0. The number of nitrogens with one attached hydrogen (secondary N) is 1. The van der Waals surface area contributed by atoms with Crippen LogP contribution in [-0.4, -0.2) is 4.98 Å². The Balaban J connectivity index is 2.00. The maximum absolute atomic E-state index is 5.56. The van der Waals surface area contributed by atoms with Crippen molar-refractivity contribution >= 4 is 5.69 Å². The number of aromatic nitrogens is 1. The first-order valence-electron chi connectivity index (χ1n) is 5.72. The molecule has 3 heteroatoms. The van der Waals surface area contributed by atoms with Crippen LogP contribution >= 0.6 is 0 Å². The zero-order chi connectivity index (χ0) is 12.1. The van der Waals surface area contributed by atoms with Gasteiger partial charge in [-0.25, -0.2) is 0 Å². The van der Waals surface area contributed by atoms with Gasteiger partial charge in [0.15, 0.2) is 0 Å². The molecule has 0 bridgehead atoms. The molecule has 0 saturated carbocycles. The lowest BCUT2D eigenvalue weighted by Gasteiger charge is -2.09. The molecule has 1 aromatic heterocycles. The van der Waals surface area contributed by atoms with Gasteiger partial charge in [0.2, 0.25) is 0 Å². The first kappa shape index (κ1) is 11.6. The van der Waals surface area contributed by atoms with Crippen molar-refractivity contribution in [3.8, 4) is 0 Å². The van der Waals surface area contributed by atoms with E-state index in [-0.39, 0.29) is 0 Å². The zero-order valence-corrected chi connectivity index (χ0v) is 9.98. The normalized spacial score (nSPS) is 10.2. The van der Waals surface area contributed by atoms with Crippen molar-refractivity contribution in [3.63, 3.8) is 0 Å². The van der Waals surface area contributed by atoms with Crippen LogP contribution in [0.4, 0.5) is 5.69 Å². The van der Waals surface area contributed by atoms with Crippen LogP contribution in [0.2, 0.25) is 0 Å². The van der Waals surface area contributed by atoms with Gasteiger partial charge in [0.1, 0.15) is 0 Å². The number of aryl methyl sites for hydroxylation is 1. The third kappa shape index (κ3) is 3.04. The van der Waals surface area contributed by atoms with Crippen LogP contribution in [0.3, 0.4) is 0 Å². The Bertz CT molecular complexity index is 477. The molecule has 0 atom stereocenters. The van der Waals surface area contributed by atoms with Gasteiger partial charge in [0.25, 0.3) is 0 Å². The number of rotatable bonds is 4. The third-order valence-electron chi connectivity index (χ3n) is 2.76. The number of pyridine rings is 1. The van der Waals surface area contributed by atoms with Crippen LogP contribution in [0.25, 0.3) is 0 Å². The standard InChI is InChI=1S/C14H17N3/c1-11-9-16-7-6-14(11)17-10-13-4-2-12(8-15)3-5-13/h2-7,9H,8,10,15H2,1H3,(H,16,17). The van der Waals surface area contributed by atoms with E-state index in [1.54, 1.807) is 6.20 Å². The zero-order valence-electron chi connectivity index (χ0n) is 9.98. The second-order valence-corrected chi connectivity index (χ2v) is 4.06. The number of nitrogens with two attached hydrogens (primary N) is 1. The van der Waals surface area contributed by atoms with E-state index < -0.39 is 0 Å². The van der Waals surface area contributed by atoms with Gasteiger partial charge in [-0.1, -0.05) is 24.3 Å². The van der Waals surface area contributed by atoms with Gasteiger partial charge in [-0.3, -0.25) is 4.98 Å². The van der Waals surface area contributed by atoms with Crippen LogP contribution < -0.4 is 11.1 Å². The SMILES string of the molecule is Cc1cnccc1NCc1ccc(CN)cc1. The summed E-state index contributed by atoms with van der Waals surface area (Å²) in [5.41, 5.74) is 10.3. The summed E-state index contributed by atoms with van der Waals surface area (Å²) in [6.07, 6.45) is 3.66. The van der Waals surface area contributed by atoms with Gasteiger partial charge >= 0.3 is 0 Å². The molecule has 3 nitrogen and oxygen atoms in total. The minimum atomic E-state index is 0.594. The molecule has 88 valence electrons. The lowest BCUT2D eigenvalue weighted by molar-refractivity contribution is 1.06. The fraction of sp³-hybridized carbons (Fsp3) is 0.214. The quantitative estimate of drug-likeness (QED) is 0.843. The molecule has 1 aromatic carbocycles. The smallest absolute Gasteiger partial charge is 0.0403 e. The highest BCUT2D eigenvalue weighted by molar-refractivity contribution is 5.48. The van der Waals surface area contributed by atoms with Crippen molar-refractivity contribution in [2.75, 3.05) is 5.32 Å². The first-order chi connectivity index (χ1) is 8.29. The highest BCUT2D eigenvalue weighted by Crippen LogP contribution is 2.13. The molecular weight excluding hydrogens is 210 g/mol. The summed E-state index contributed by atoms with van der Waals surface area (Å²) in [7, 11) is 0. The maximum atomic E-state index is 5.56. The molecule has 1 heterocycles. The minimum absolute atomic E-state index is 0.594. The fourth-order valence-electron chi connectivity index (χ4n) is 1.66. The van der Waals surface area contributed by atoms with E-state index in [4.69, 9.17) is 5.73 Å². The second kappa shape index (κ2) is 5.46. The summed E-state index contributed by atoms with van der Waals surface area (Å²) in [6, 6.07) is 10.3. The van der Waals surface area contributed by atoms with Crippen LogP contribution in [-0.2, 0) is 13.1 Å². The summed E-state index contributed by atoms with van der Waals surface area (Å²) in [6.45, 7) is 3.46. The number of hydrogen-bond acceptors (Lipinski definition) is 3. The Labute approximate surface area is 102 Å². The van der Waals surface area contributed by atoms with E-state index in [2.05, 4.69) is 34.6 Å². The molecule has 17 heavy (non-hydrogen) atoms. The Hall–Kier alpha value is -1.87. The predicted octanol–water partition coefficient (Wildman–Crippen LogP) is 2.46. The van der Waals surface area contributed by atoms with E-state index in [0.717, 1.165) is 23.4 Å². The molecule has 2 aromatic rings. The first-order valence-corrected chi connectivity index (χ1v) is 5.72. The molecule has 0 fully saturated rings. The minimum Gasteiger partial charge on any atom is -0.381 e. The van der Waals surface area contributed by atoms with Crippen LogP contribution in [0.5, 0.6) is 0 Å². The lowest BCUT2D eigenvalue weighted by atomic mass is 10.1. The van der Waals surface area contributed by atoms with Gasteiger partial charge in [-0.2, -0.15) is 0 Å². The van der Waals surface area contributed by atoms with Crippen molar-refractivity contribution in [1.29, 1.82) is 0 Å². The Morgan fingerprint density at radius 3 is 2.47 bits per heavy atom. The van der Waals surface area contributed by atoms with E-state index >= 15 is 0 Å². The highest BCUT2D eigenvalue weighted by Gasteiger charge is 1.97. The Kier molecular flexibility index (Phi) is 3.73. The average molecular weight is 227 g/mol. The van der Waals surface area contributed by atoms with E-state index in [0.29, 0.717) is 6.54 Å². The van der Waals surface area contributed by atoms with E-state index in [1.807, 2.05) is 19.2 Å². The summed E-state index contributed by atoms with van der Waals surface area (Å²) >= 11 is 0. The van der Waals surface area contributed by atoms with Crippen molar-refractivity contribution < 1.29 is 0 Å². The van der Waals surface area contributed by atoms with Crippen molar-refractivity contribution in [3.05, 3.63) is 59.4 Å². The van der Waals surface area contributed by atoms with Crippen LogP contribution in [0.15, 0.2) is 42.7 Å². The van der Waals surface area contributed by atoms with Gasteiger partial charge in [-0.05, 0) is 29.7 Å². The third-order valence-corrected chi connectivity index (χ3v) is 2.76. The molecule has 0 saturated heterocycles. The van der Waals surface area contributed by atoms with Gasteiger partial charge in [0, 0.05) is 31.2 Å². The highest BCUT2D eigenvalue weighted by atomic mass is 14.9. The number of anilines is 1. The maximum Gasteiger partial charge on any atom is 0.0403 e. The van der Waals surface area contributed by atoms with Crippen molar-refractivity contribution in [1.82, 2.24) is 4.98 Å². The number of nitrogens with zero attached hydrogens (tertiary/aromatic N) is 1. The summed E-state index contributed by atoms with van der Waals surface area (Å²) in [4.78, 5) is 4.07. The molecule has 0 unspecified atom stereocenters. The summed E-state index contributed by atoms with van der Waals surface area (Å²) in [5.74, 6) is 0. The second-order valence-electron chi connectivity index (χ2n) is 4.06. The predicted molar refractivity (Wildman–Crippen MR) is 70.6 cm³/mol. The molecule has 0 aliphatic heterocycles. The van der Waals surface area contributed by atoms with Crippen LogP contribution in [0, 0.1) is 6.92 Å². The molecule has 0 amide bonds. The molecule has 3 N–H and O–H groups in total. The number of hydrogen-bond donors (Lipinski definition) is 2. The van der Waals surface area contributed by atoms with Crippen LogP contribution in [0.1, 0.15) is 16.7 Å². The van der Waals surface area contributed by atoms with Crippen molar-refractivity contribution in [2.45, 2.75) is 20.0 Å². The molecular formula is C14H17N3. The monoisotopic (exact) mass is 227 g/mol. The average Bonchev–Trinajstić information content (AvgIpc) is 2.38. The van der Waals surface area contributed by atoms with E-state index in [1.165, 1.54) is 5.56 Å². The molecule has 2 rings (SSSR count). The molecule has 0 aliphatic rings. The fourth-order valence-corrected chi connectivity index (χ4v) is 1.66. The van der Waals surface area contributed by atoms with Gasteiger partial charge in [-0.15, -0.1) is 0 Å².